The van der Waals surface area contributed by atoms with Crippen molar-refractivity contribution in [2.24, 2.45) is 0 Å². The Morgan fingerprint density at radius 2 is 2.10 bits per heavy atom. The van der Waals surface area contributed by atoms with Crippen molar-refractivity contribution >= 4 is 22.8 Å². The van der Waals surface area contributed by atoms with Gasteiger partial charge in [0.05, 0.1) is 5.39 Å². The molecule has 2 saturated heterocycles. The molecule has 2 fully saturated rings. The summed E-state index contributed by atoms with van der Waals surface area (Å²) < 4.78 is 0. The predicted molar refractivity (Wildman–Crippen MR) is 80.0 cm³/mol. The Kier molecular flexibility index (Phi) is 2.83. The molecule has 2 aliphatic rings. The van der Waals surface area contributed by atoms with E-state index in [4.69, 9.17) is 0 Å². The second kappa shape index (κ2) is 4.72. The SMILES string of the molecule is CCC(=O)N1[C@@H]2CC[C@H]1CN(c1ncnc3[nH]ccc13)C2. The van der Waals surface area contributed by atoms with E-state index >= 15 is 0 Å². The van der Waals surface area contributed by atoms with Gasteiger partial charge in [-0.05, 0) is 18.9 Å². The molecule has 2 aliphatic heterocycles. The lowest BCUT2D eigenvalue weighted by atomic mass is 10.1. The Morgan fingerprint density at radius 1 is 1.33 bits per heavy atom. The van der Waals surface area contributed by atoms with Crippen LogP contribution in [0.1, 0.15) is 26.2 Å². The van der Waals surface area contributed by atoms with Crippen LogP contribution in [0.15, 0.2) is 18.6 Å². The number of nitrogens with zero attached hydrogens (tertiary/aromatic N) is 4. The van der Waals surface area contributed by atoms with Crippen LogP contribution in [0.4, 0.5) is 5.82 Å². The van der Waals surface area contributed by atoms with Gasteiger partial charge in [0, 0.05) is 37.8 Å². The molecule has 6 nitrogen and oxygen atoms in total. The first kappa shape index (κ1) is 12.6. The zero-order valence-corrected chi connectivity index (χ0v) is 12.1. The summed E-state index contributed by atoms with van der Waals surface area (Å²) in [6.07, 6.45) is 6.32. The Balaban J connectivity index is 1.65. The van der Waals surface area contributed by atoms with E-state index in [0.717, 1.165) is 42.8 Å². The normalized spacial score (nSPS) is 24.8. The van der Waals surface area contributed by atoms with Crippen LogP contribution < -0.4 is 4.90 Å². The number of H-pyrrole nitrogens is 1. The number of amides is 1. The lowest BCUT2D eigenvalue weighted by molar-refractivity contribution is -0.134. The highest BCUT2D eigenvalue weighted by Crippen LogP contribution is 2.34. The van der Waals surface area contributed by atoms with Crippen LogP contribution in [-0.4, -0.2) is 50.9 Å². The third-order valence-corrected chi connectivity index (χ3v) is 4.71. The number of rotatable bonds is 2. The molecule has 2 aromatic heterocycles. The minimum atomic E-state index is 0.289. The number of hydrogen-bond donors (Lipinski definition) is 1. The van der Waals surface area contributed by atoms with Gasteiger partial charge < -0.3 is 14.8 Å². The number of aromatic nitrogens is 3. The first-order valence-electron chi connectivity index (χ1n) is 7.62. The molecule has 0 aromatic carbocycles. The molecule has 0 radical (unpaired) electrons. The molecule has 2 atom stereocenters. The van der Waals surface area contributed by atoms with E-state index < -0.39 is 0 Å². The lowest BCUT2D eigenvalue weighted by Crippen LogP contribution is -2.56. The minimum absolute atomic E-state index is 0.289. The van der Waals surface area contributed by atoms with Crippen LogP contribution in [0.3, 0.4) is 0 Å². The summed E-state index contributed by atoms with van der Waals surface area (Å²) in [7, 11) is 0. The van der Waals surface area contributed by atoms with Crippen LogP contribution in [0.5, 0.6) is 0 Å². The number of anilines is 1. The number of fused-ring (bicyclic) bond motifs is 3. The van der Waals surface area contributed by atoms with Gasteiger partial charge in [-0.1, -0.05) is 6.92 Å². The minimum Gasteiger partial charge on any atom is -0.352 e. The van der Waals surface area contributed by atoms with Crippen LogP contribution in [0.2, 0.25) is 0 Å². The molecule has 21 heavy (non-hydrogen) atoms. The van der Waals surface area contributed by atoms with Crippen molar-refractivity contribution < 1.29 is 4.79 Å². The fourth-order valence-electron chi connectivity index (χ4n) is 3.78. The van der Waals surface area contributed by atoms with Gasteiger partial charge >= 0.3 is 0 Å². The molecule has 0 saturated carbocycles. The highest BCUT2D eigenvalue weighted by molar-refractivity contribution is 5.87. The molecule has 0 spiro atoms. The largest absolute Gasteiger partial charge is 0.352 e. The van der Waals surface area contributed by atoms with Gasteiger partial charge in [-0.2, -0.15) is 0 Å². The standard InChI is InChI=1S/C15H19N5O/c1-2-13(21)20-10-3-4-11(20)8-19(7-10)15-12-5-6-16-14(12)17-9-18-15/h5-6,9-11H,2-4,7-8H2,1H3,(H,16,17,18)/t10-,11+. The highest BCUT2D eigenvalue weighted by Gasteiger charge is 2.42. The molecular formula is C15H19N5O. The second-order valence-corrected chi connectivity index (χ2v) is 5.88. The van der Waals surface area contributed by atoms with Gasteiger partial charge in [0.15, 0.2) is 0 Å². The van der Waals surface area contributed by atoms with Gasteiger partial charge in [0.1, 0.15) is 17.8 Å². The smallest absolute Gasteiger partial charge is 0.222 e. The maximum absolute atomic E-state index is 12.1. The molecule has 0 aliphatic carbocycles. The summed E-state index contributed by atoms with van der Waals surface area (Å²) in [6, 6.07) is 2.69. The summed E-state index contributed by atoms with van der Waals surface area (Å²) in [5.74, 6) is 1.28. The van der Waals surface area contributed by atoms with E-state index in [9.17, 15) is 4.79 Å². The third-order valence-electron chi connectivity index (χ3n) is 4.71. The molecule has 2 aromatic rings. The Bertz CT molecular complexity index is 668. The summed E-state index contributed by atoms with van der Waals surface area (Å²) in [6.45, 7) is 3.70. The quantitative estimate of drug-likeness (QED) is 0.909. The van der Waals surface area contributed by atoms with E-state index in [2.05, 4.69) is 24.8 Å². The van der Waals surface area contributed by atoms with Crippen LogP contribution in [0.25, 0.3) is 11.0 Å². The van der Waals surface area contributed by atoms with Crippen molar-refractivity contribution in [3.8, 4) is 0 Å². The number of hydrogen-bond acceptors (Lipinski definition) is 4. The van der Waals surface area contributed by atoms with Crippen molar-refractivity contribution in [1.82, 2.24) is 19.9 Å². The van der Waals surface area contributed by atoms with Crippen molar-refractivity contribution in [3.05, 3.63) is 18.6 Å². The number of nitrogens with one attached hydrogen (secondary N) is 1. The Labute approximate surface area is 123 Å². The fraction of sp³-hybridized carbons (Fsp3) is 0.533. The van der Waals surface area contributed by atoms with Gasteiger partial charge in [-0.25, -0.2) is 9.97 Å². The van der Waals surface area contributed by atoms with E-state index in [-0.39, 0.29) is 5.91 Å². The van der Waals surface area contributed by atoms with E-state index in [1.54, 1.807) is 6.33 Å². The summed E-state index contributed by atoms with van der Waals surface area (Å²) >= 11 is 0. The topological polar surface area (TPSA) is 65.1 Å². The molecule has 110 valence electrons. The highest BCUT2D eigenvalue weighted by atomic mass is 16.2. The third kappa shape index (κ3) is 1.89. The van der Waals surface area contributed by atoms with Gasteiger partial charge in [-0.15, -0.1) is 0 Å². The van der Waals surface area contributed by atoms with Gasteiger partial charge in [-0.3, -0.25) is 4.79 Å². The van der Waals surface area contributed by atoms with Crippen molar-refractivity contribution in [2.45, 2.75) is 38.3 Å². The zero-order valence-electron chi connectivity index (χ0n) is 12.1. The van der Waals surface area contributed by atoms with Crippen LogP contribution >= 0.6 is 0 Å². The second-order valence-electron chi connectivity index (χ2n) is 5.88. The van der Waals surface area contributed by atoms with E-state index in [1.807, 2.05) is 19.2 Å². The van der Waals surface area contributed by atoms with Crippen molar-refractivity contribution in [1.29, 1.82) is 0 Å². The number of piperazine rings is 1. The summed E-state index contributed by atoms with van der Waals surface area (Å²) in [4.78, 5) is 28.4. The van der Waals surface area contributed by atoms with Gasteiger partial charge in [0.25, 0.3) is 0 Å². The number of carbonyl (C=O) groups is 1. The Hall–Kier alpha value is -2.11. The van der Waals surface area contributed by atoms with Crippen molar-refractivity contribution in [2.75, 3.05) is 18.0 Å². The van der Waals surface area contributed by atoms with Gasteiger partial charge in [0.2, 0.25) is 5.91 Å². The van der Waals surface area contributed by atoms with Crippen LogP contribution in [0, 0.1) is 0 Å². The van der Waals surface area contributed by atoms with E-state index in [0.29, 0.717) is 18.5 Å². The molecule has 0 unspecified atom stereocenters. The average molecular weight is 285 g/mol. The Morgan fingerprint density at radius 3 is 2.81 bits per heavy atom. The lowest BCUT2D eigenvalue weighted by Gasteiger charge is -2.41. The first-order valence-corrected chi connectivity index (χ1v) is 7.62. The number of carbonyl (C=O) groups excluding carboxylic acids is 1. The molecule has 4 rings (SSSR count). The molecule has 4 heterocycles. The monoisotopic (exact) mass is 285 g/mol. The zero-order chi connectivity index (χ0) is 14.4. The molecular weight excluding hydrogens is 266 g/mol. The van der Waals surface area contributed by atoms with E-state index in [1.165, 1.54) is 0 Å². The summed E-state index contributed by atoms with van der Waals surface area (Å²) in [5.41, 5.74) is 0.874. The molecule has 1 N–H and O–H groups in total. The average Bonchev–Trinajstić information content (AvgIpc) is 3.08. The molecule has 1 amide bonds. The fourth-order valence-corrected chi connectivity index (χ4v) is 3.78. The van der Waals surface area contributed by atoms with Crippen LogP contribution in [-0.2, 0) is 4.79 Å². The maximum Gasteiger partial charge on any atom is 0.222 e. The molecule has 2 bridgehead atoms. The molecule has 6 heteroatoms. The van der Waals surface area contributed by atoms with Crippen molar-refractivity contribution in [3.63, 3.8) is 0 Å². The maximum atomic E-state index is 12.1. The first-order chi connectivity index (χ1) is 10.3. The predicted octanol–water partition coefficient (Wildman–Crippen LogP) is 1.55. The number of aromatic amines is 1. The summed E-state index contributed by atoms with van der Waals surface area (Å²) in [5, 5.41) is 1.06.